The van der Waals surface area contributed by atoms with Crippen LogP contribution in [0.5, 0.6) is 34.5 Å². The van der Waals surface area contributed by atoms with Gasteiger partial charge in [0.2, 0.25) is 0 Å². The molecule has 21 nitrogen and oxygen atoms in total. The standard InChI is InChI=1S/C34H46N4O3.C32H44N4O3.C31H42N4O3/c1-23-6-11-30(41-23)34-27-10-7-25(20-24-12-17-38(18-13-24)26-8-9-26)35-33(27)28-21-31(39-2)32(22-29(28)36-34)40-19-5-16-37-14-3-4-15-37;1-22-7-10-28(39-22)32-25-9-8-24(19-23-11-16-35(2)17-12-23)33-31(25)26-20-29(37-3)30(21-27(26)34-32)38-18-6-15-36-13-4-5-14-36;1-21-6-9-27(38-21)31-24-8-7-23(18-22-10-12-32-13-11-22)33-30(24)25-19-28(36-2)29(20-26(25)34-31)37-17-5-16-35-14-3-4-15-35/h6,11,21-22,24-26,35H,3-5,7-10,12-20H2,1-2H3;7,10,20-21,23-24,33H,4-6,8-9,11-19H2,1-3H3;6,9,19-20,22-23,32-33H,3-5,7-8,10-18H2,1-2H3. The average Bonchev–Trinajstić information content (AvgIpc) is 1.06. The number of hydrogen-bond acceptors (Lipinski definition) is 21. The number of piperidine rings is 3. The number of nitrogens with one attached hydrogen (secondary N) is 4. The smallest absolute Gasteiger partial charge is 0.163 e. The van der Waals surface area contributed by atoms with E-state index in [2.05, 4.69) is 95.3 Å². The van der Waals surface area contributed by atoms with Gasteiger partial charge in [-0.15, -0.1) is 0 Å². The third-order valence-corrected chi connectivity index (χ3v) is 27.4. The lowest BCUT2D eigenvalue weighted by atomic mass is 9.85. The molecule has 0 spiro atoms. The Morgan fingerprint density at radius 2 is 0.712 bits per heavy atom. The van der Waals surface area contributed by atoms with Gasteiger partial charge < -0.3 is 87.4 Å². The summed E-state index contributed by atoms with van der Waals surface area (Å²) in [5.74, 6) is 12.2. The number of fused-ring (bicyclic) bond motifs is 9. The molecular weight excluding hydrogens is 1480 g/mol. The van der Waals surface area contributed by atoms with Crippen molar-refractivity contribution in [3.63, 3.8) is 0 Å². The quantitative estimate of drug-likeness (QED) is 0.0337. The van der Waals surface area contributed by atoms with Crippen LogP contribution in [0.3, 0.4) is 0 Å². The zero-order valence-corrected chi connectivity index (χ0v) is 71.8. The number of aromatic nitrogens is 3. The molecule has 4 N–H and O–H groups in total. The fraction of sp³-hybridized carbons (Fsp3) is 0.598. The summed E-state index contributed by atoms with van der Waals surface area (Å²) in [6.07, 6.45) is 31.6. The van der Waals surface area contributed by atoms with Crippen molar-refractivity contribution in [2.24, 2.45) is 17.8 Å². The number of aryl methyl sites for hydroxylation is 3. The van der Waals surface area contributed by atoms with Gasteiger partial charge in [0.25, 0.3) is 0 Å². The Morgan fingerprint density at radius 1 is 0.381 bits per heavy atom. The van der Waals surface area contributed by atoms with Gasteiger partial charge in [-0.05, 0) is 346 Å². The summed E-state index contributed by atoms with van der Waals surface area (Å²) in [6.45, 7) is 25.8. The lowest BCUT2D eigenvalue weighted by molar-refractivity contribution is 0.167. The van der Waals surface area contributed by atoms with Crippen LogP contribution in [-0.2, 0) is 19.3 Å². The number of furan rings is 3. The first-order valence-electron chi connectivity index (χ1n) is 45.7. The maximum atomic E-state index is 6.30. The summed E-state index contributed by atoms with van der Waals surface area (Å²) in [6, 6.07) is 27.1. The zero-order chi connectivity index (χ0) is 80.4. The molecular formula is C97H132N12O9. The Labute approximate surface area is 700 Å². The molecule has 21 heteroatoms. The molecule has 19 rings (SSSR count). The monoisotopic (exact) mass is 1610 g/mol. The lowest BCUT2D eigenvalue weighted by Crippen LogP contribution is -2.37. The Morgan fingerprint density at radius 3 is 1.03 bits per heavy atom. The lowest BCUT2D eigenvalue weighted by Gasteiger charge is -2.36. The molecule has 118 heavy (non-hydrogen) atoms. The van der Waals surface area contributed by atoms with Gasteiger partial charge in [-0.25, -0.2) is 15.0 Å². The minimum atomic E-state index is 0.467. The summed E-state index contributed by atoms with van der Waals surface area (Å²) in [5.41, 5.74) is 12.9. The van der Waals surface area contributed by atoms with Gasteiger partial charge in [-0.2, -0.15) is 0 Å². The summed E-state index contributed by atoms with van der Waals surface area (Å²) in [4.78, 5) is 28.3. The highest BCUT2D eigenvalue weighted by Crippen LogP contribution is 2.48. The van der Waals surface area contributed by atoms with E-state index in [1.54, 1.807) is 21.3 Å². The van der Waals surface area contributed by atoms with Gasteiger partial charge in [0.05, 0.1) is 57.7 Å². The third kappa shape index (κ3) is 19.8. The maximum absolute atomic E-state index is 6.30. The molecule has 10 aliphatic rings. The highest BCUT2D eigenvalue weighted by Gasteiger charge is 2.36. The fourth-order valence-electron chi connectivity index (χ4n) is 20.6. The average molecular weight is 1610 g/mol. The first kappa shape index (κ1) is 82.0. The van der Waals surface area contributed by atoms with Crippen LogP contribution in [0.25, 0.3) is 67.1 Å². The molecule has 0 amide bonds. The van der Waals surface area contributed by atoms with Crippen molar-refractivity contribution in [1.82, 2.24) is 44.8 Å². The SMILES string of the molecule is COc1cc2c3c(c(-c4ccc(C)o4)nc2cc1OCCCN1CCCC1)CCC(CC1CCN(C)CC1)N3.COc1cc2c3c(c(-c4ccc(C)o4)nc2cc1OCCCN1CCCC1)CCC(CC1CCN(C2CC2)CC1)N3.COc1cc2c3c(c(-c4ccc(C)o4)nc2cc1OCCCN1CCCC1)CCC(CC1CCNCC1)N3. The zero-order valence-electron chi connectivity index (χ0n) is 71.8. The number of hydrogen-bond donors (Lipinski definition) is 4. The molecule has 0 radical (unpaired) electrons. The first-order valence-corrected chi connectivity index (χ1v) is 45.7. The molecule has 9 aliphatic heterocycles. The largest absolute Gasteiger partial charge is 0.493 e. The van der Waals surface area contributed by atoms with Crippen molar-refractivity contribution in [2.45, 2.75) is 212 Å². The van der Waals surface area contributed by atoms with E-state index in [1.807, 2.05) is 51.1 Å². The van der Waals surface area contributed by atoms with Crippen LogP contribution in [0, 0.1) is 38.5 Å². The molecule has 3 unspecified atom stereocenters. The number of pyridine rings is 3. The van der Waals surface area contributed by atoms with Crippen LogP contribution >= 0.6 is 0 Å². The van der Waals surface area contributed by atoms with Crippen molar-refractivity contribution in [1.29, 1.82) is 0 Å². The van der Waals surface area contributed by atoms with Crippen molar-refractivity contribution in [3.05, 3.63) is 107 Å². The number of methoxy groups -OCH3 is 3. The Kier molecular flexibility index (Phi) is 26.8. The summed E-state index contributed by atoms with van der Waals surface area (Å²) < 4.78 is 54.7. The predicted octanol–water partition coefficient (Wildman–Crippen LogP) is 18.6. The third-order valence-electron chi connectivity index (χ3n) is 27.4. The van der Waals surface area contributed by atoms with Crippen LogP contribution in [0.1, 0.15) is 182 Å². The van der Waals surface area contributed by atoms with E-state index in [1.165, 1.54) is 208 Å². The predicted molar refractivity (Wildman–Crippen MR) is 474 cm³/mol. The molecule has 6 saturated heterocycles. The molecule has 1 saturated carbocycles. The Balaban J connectivity index is 0.000000127. The maximum Gasteiger partial charge on any atom is 0.163 e. The minimum Gasteiger partial charge on any atom is -0.493 e. The Bertz CT molecular complexity index is 4820. The van der Waals surface area contributed by atoms with Gasteiger partial charge in [-0.3, -0.25) is 0 Å². The van der Waals surface area contributed by atoms with Gasteiger partial charge in [0.15, 0.2) is 51.8 Å². The van der Waals surface area contributed by atoms with Crippen LogP contribution in [0.4, 0.5) is 17.1 Å². The molecule has 15 heterocycles. The topological polar surface area (TPSA) is 198 Å². The Hall–Kier alpha value is -8.31. The van der Waals surface area contributed by atoms with Gasteiger partial charge in [0, 0.05) is 112 Å². The normalized spacial score (nSPS) is 21.1. The van der Waals surface area contributed by atoms with Crippen molar-refractivity contribution in [3.8, 4) is 68.9 Å². The molecule has 6 aromatic heterocycles. The van der Waals surface area contributed by atoms with Crippen LogP contribution in [0.15, 0.2) is 86.0 Å². The summed E-state index contributed by atoms with van der Waals surface area (Å²) in [7, 11) is 7.43. The number of ether oxygens (including phenoxy) is 6. The summed E-state index contributed by atoms with van der Waals surface area (Å²) >= 11 is 0. The number of nitrogens with zero attached hydrogens (tertiary/aromatic N) is 8. The molecule has 0 bridgehead atoms. The first-order chi connectivity index (χ1) is 57.9. The van der Waals surface area contributed by atoms with E-state index >= 15 is 0 Å². The molecule has 7 fully saturated rings. The van der Waals surface area contributed by atoms with Crippen molar-refractivity contribution < 1.29 is 41.7 Å². The highest BCUT2D eigenvalue weighted by molar-refractivity contribution is 6.01. The second-order valence-corrected chi connectivity index (χ2v) is 36.0. The number of benzene rings is 3. The van der Waals surface area contributed by atoms with Gasteiger partial charge >= 0.3 is 0 Å². The van der Waals surface area contributed by atoms with E-state index in [4.69, 9.17) is 56.6 Å². The summed E-state index contributed by atoms with van der Waals surface area (Å²) in [5, 5.41) is 18.8. The highest BCUT2D eigenvalue weighted by atomic mass is 16.5. The second-order valence-electron chi connectivity index (χ2n) is 36.0. The van der Waals surface area contributed by atoms with Gasteiger partial charge in [-0.1, -0.05) is 0 Å². The van der Waals surface area contributed by atoms with E-state index in [0.29, 0.717) is 37.9 Å². The van der Waals surface area contributed by atoms with Crippen LogP contribution in [-0.4, -0.2) is 210 Å². The molecule has 3 aromatic carbocycles. The van der Waals surface area contributed by atoms with Crippen LogP contribution < -0.4 is 49.7 Å². The number of likely N-dealkylation sites (tertiary alicyclic amines) is 5. The number of rotatable bonds is 28. The molecule has 634 valence electrons. The second kappa shape index (κ2) is 38.6. The van der Waals surface area contributed by atoms with Gasteiger partial charge in [0.1, 0.15) is 34.4 Å². The van der Waals surface area contributed by atoms with E-state index in [-0.39, 0.29) is 0 Å². The van der Waals surface area contributed by atoms with Crippen LogP contribution in [0.2, 0.25) is 0 Å². The fourth-order valence-corrected chi connectivity index (χ4v) is 20.6. The number of anilines is 3. The van der Waals surface area contributed by atoms with E-state index in [0.717, 1.165) is 233 Å². The van der Waals surface area contributed by atoms with Crippen molar-refractivity contribution in [2.75, 3.05) is 162 Å². The molecule has 1 aliphatic carbocycles. The molecule has 9 aromatic rings. The van der Waals surface area contributed by atoms with E-state index in [9.17, 15) is 0 Å². The molecule has 3 atom stereocenters. The minimum absolute atomic E-state index is 0.467. The van der Waals surface area contributed by atoms with E-state index < -0.39 is 0 Å². The van der Waals surface area contributed by atoms with Crippen molar-refractivity contribution >= 4 is 49.8 Å².